The number of sulfone groups is 1. The van der Waals surface area contributed by atoms with E-state index in [0.29, 0.717) is 10.8 Å². The largest absolute Gasteiger partial charge is 0.256 e. The van der Waals surface area contributed by atoms with Crippen LogP contribution in [0.2, 0.25) is 0 Å². The average molecular weight is 525 g/mol. The fraction of sp³-hybridized carbons (Fsp3) is 0.161. The Morgan fingerprint density at radius 2 is 1.76 bits per heavy atom. The Morgan fingerprint density at radius 3 is 2.43 bits per heavy atom. The zero-order valence-electron chi connectivity index (χ0n) is 21.3. The second-order valence-corrected chi connectivity index (χ2v) is 12.4. The van der Waals surface area contributed by atoms with Crippen LogP contribution in [-0.4, -0.2) is 24.6 Å². The molecule has 0 aliphatic carbocycles. The van der Waals surface area contributed by atoms with Crippen LogP contribution >= 0.6 is 11.3 Å². The number of thiazole rings is 1. The van der Waals surface area contributed by atoms with Gasteiger partial charge in [-0.2, -0.15) is 0 Å². The number of nitrogens with zero attached hydrogens (tertiary/aromatic N) is 2. The van der Waals surface area contributed by atoms with Crippen molar-refractivity contribution in [1.29, 1.82) is 0 Å². The van der Waals surface area contributed by atoms with Crippen molar-refractivity contribution in [2.45, 2.75) is 31.6 Å². The highest BCUT2D eigenvalue weighted by atomic mass is 32.2. The molecule has 0 radical (unpaired) electrons. The highest BCUT2D eigenvalue weighted by molar-refractivity contribution is 7.90. The van der Waals surface area contributed by atoms with Gasteiger partial charge in [0.25, 0.3) is 0 Å². The molecule has 186 valence electrons. The molecular weight excluding hydrogens is 496 g/mol. The van der Waals surface area contributed by atoms with Crippen molar-refractivity contribution in [3.8, 4) is 11.1 Å². The third kappa shape index (κ3) is 5.41. The monoisotopic (exact) mass is 524 g/mol. The Bertz CT molecular complexity index is 1730. The van der Waals surface area contributed by atoms with Crippen LogP contribution in [0.25, 0.3) is 33.7 Å². The standard InChI is InChI=1S/C31H28N2O2S2/c1-20(2)26-17-25-9-6-14-32-30(25)28(18-26)24-8-5-7-22(15-24)16-29(31-33-21(3)19-36-31)23-10-12-27(13-11-23)37(4,34)35/h5-20H,1-4H3/b29-16-. The van der Waals surface area contributed by atoms with Crippen LogP contribution in [0.3, 0.4) is 0 Å². The molecule has 0 amide bonds. The summed E-state index contributed by atoms with van der Waals surface area (Å²) in [7, 11) is -3.27. The maximum atomic E-state index is 12.0. The van der Waals surface area contributed by atoms with Crippen LogP contribution in [0.1, 0.15) is 47.2 Å². The molecule has 6 heteroatoms. The topological polar surface area (TPSA) is 59.9 Å². The fourth-order valence-electron chi connectivity index (χ4n) is 4.36. The Labute approximate surface area is 222 Å². The lowest BCUT2D eigenvalue weighted by molar-refractivity contribution is 0.602. The van der Waals surface area contributed by atoms with Crippen molar-refractivity contribution in [3.63, 3.8) is 0 Å². The summed E-state index contributed by atoms with van der Waals surface area (Å²) in [6.45, 7) is 6.39. The predicted octanol–water partition coefficient (Wildman–Crippen LogP) is 7.78. The van der Waals surface area contributed by atoms with E-state index >= 15 is 0 Å². The first kappa shape index (κ1) is 25.1. The van der Waals surface area contributed by atoms with Gasteiger partial charge < -0.3 is 0 Å². The van der Waals surface area contributed by atoms with Gasteiger partial charge in [0.05, 0.1) is 10.4 Å². The van der Waals surface area contributed by atoms with Crippen molar-refractivity contribution >= 4 is 43.7 Å². The smallest absolute Gasteiger partial charge is 0.175 e. The normalized spacial score (nSPS) is 12.4. The molecule has 2 aromatic heterocycles. The summed E-state index contributed by atoms with van der Waals surface area (Å²) >= 11 is 1.58. The Morgan fingerprint density at radius 1 is 0.973 bits per heavy atom. The molecule has 0 N–H and O–H groups in total. The number of benzene rings is 3. The average Bonchev–Trinajstić information content (AvgIpc) is 3.32. The van der Waals surface area contributed by atoms with Crippen LogP contribution in [-0.2, 0) is 9.84 Å². The summed E-state index contributed by atoms with van der Waals surface area (Å²) in [4.78, 5) is 9.73. The highest BCUT2D eigenvalue weighted by Crippen LogP contribution is 2.34. The molecule has 5 aromatic rings. The van der Waals surface area contributed by atoms with E-state index < -0.39 is 9.84 Å². The quantitative estimate of drug-likeness (QED) is 0.213. The number of aryl methyl sites for hydroxylation is 1. The van der Waals surface area contributed by atoms with E-state index in [9.17, 15) is 8.42 Å². The number of fused-ring (bicyclic) bond motifs is 1. The summed E-state index contributed by atoms with van der Waals surface area (Å²) in [5.74, 6) is 0.404. The summed E-state index contributed by atoms with van der Waals surface area (Å²) in [6.07, 6.45) is 5.19. The first-order valence-corrected chi connectivity index (χ1v) is 14.9. The molecular formula is C31H28N2O2S2. The minimum absolute atomic E-state index is 0.303. The van der Waals surface area contributed by atoms with Gasteiger partial charge in [-0.1, -0.05) is 50.2 Å². The molecule has 2 heterocycles. The van der Waals surface area contributed by atoms with Crippen molar-refractivity contribution in [2.24, 2.45) is 0 Å². The van der Waals surface area contributed by atoms with E-state index in [1.165, 1.54) is 11.8 Å². The van der Waals surface area contributed by atoms with Gasteiger partial charge in [0.1, 0.15) is 5.01 Å². The fourth-order valence-corrected chi connectivity index (χ4v) is 5.83. The molecule has 37 heavy (non-hydrogen) atoms. The van der Waals surface area contributed by atoms with Crippen LogP contribution < -0.4 is 0 Å². The van der Waals surface area contributed by atoms with Gasteiger partial charge in [-0.15, -0.1) is 11.3 Å². The van der Waals surface area contributed by atoms with E-state index in [1.54, 1.807) is 23.5 Å². The summed E-state index contributed by atoms with van der Waals surface area (Å²) in [5.41, 5.74) is 8.34. The second kappa shape index (κ2) is 10.0. The molecule has 0 bridgehead atoms. The Balaban J connectivity index is 1.65. The van der Waals surface area contributed by atoms with Gasteiger partial charge in [-0.25, -0.2) is 13.4 Å². The summed E-state index contributed by atoms with van der Waals surface area (Å²) in [5, 5.41) is 4.05. The first-order chi connectivity index (χ1) is 17.7. The molecule has 0 atom stereocenters. The molecule has 0 fully saturated rings. The minimum Gasteiger partial charge on any atom is -0.256 e. The second-order valence-electron chi connectivity index (χ2n) is 9.57. The van der Waals surface area contributed by atoms with Crippen molar-refractivity contribution in [3.05, 3.63) is 112 Å². The third-order valence-corrected chi connectivity index (χ3v) is 8.47. The molecule has 0 unspecified atom stereocenters. The molecule has 4 nitrogen and oxygen atoms in total. The van der Waals surface area contributed by atoms with E-state index in [1.807, 2.05) is 36.7 Å². The SMILES string of the molecule is Cc1csc(/C(=C\c2cccc(-c3cc(C(C)C)cc4cccnc34)c2)c2ccc(S(C)(=O)=O)cc2)n1. The highest BCUT2D eigenvalue weighted by Gasteiger charge is 2.14. The van der Waals surface area contributed by atoms with Gasteiger partial charge in [-0.05, 0) is 77.6 Å². The van der Waals surface area contributed by atoms with Gasteiger partial charge >= 0.3 is 0 Å². The molecule has 5 rings (SSSR count). The Hall–Kier alpha value is -3.61. The number of hydrogen-bond acceptors (Lipinski definition) is 5. The van der Waals surface area contributed by atoms with Crippen LogP contribution in [0, 0.1) is 6.92 Å². The number of rotatable bonds is 6. The molecule has 0 spiro atoms. The van der Waals surface area contributed by atoms with Crippen molar-refractivity contribution in [2.75, 3.05) is 6.26 Å². The molecule has 0 saturated carbocycles. The van der Waals surface area contributed by atoms with Crippen LogP contribution in [0.5, 0.6) is 0 Å². The lowest BCUT2D eigenvalue weighted by Crippen LogP contribution is -1.97. The van der Waals surface area contributed by atoms with Gasteiger partial charge in [0.2, 0.25) is 0 Å². The maximum Gasteiger partial charge on any atom is 0.175 e. The third-order valence-electron chi connectivity index (χ3n) is 6.35. The lowest BCUT2D eigenvalue weighted by Gasteiger charge is -2.13. The van der Waals surface area contributed by atoms with Gasteiger partial charge in [0, 0.05) is 40.0 Å². The van der Waals surface area contributed by atoms with Gasteiger partial charge in [-0.3, -0.25) is 4.98 Å². The van der Waals surface area contributed by atoms with E-state index in [2.05, 4.69) is 62.4 Å². The predicted molar refractivity (Wildman–Crippen MR) is 155 cm³/mol. The lowest BCUT2D eigenvalue weighted by atomic mass is 9.93. The Kier molecular flexibility index (Phi) is 6.80. The number of hydrogen-bond donors (Lipinski definition) is 0. The first-order valence-electron chi connectivity index (χ1n) is 12.1. The summed E-state index contributed by atoms with van der Waals surface area (Å²) in [6, 6.07) is 24.0. The molecule has 0 saturated heterocycles. The van der Waals surface area contributed by atoms with Crippen molar-refractivity contribution < 1.29 is 8.42 Å². The zero-order valence-corrected chi connectivity index (χ0v) is 22.9. The van der Waals surface area contributed by atoms with Crippen molar-refractivity contribution in [1.82, 2.24) is 9.97 Å². The number of aromatic nitrogens is 2. The maximum absolute atomic E-state index is 12.0. The van der Waals surface area contributed by atoms with Crippen LogP contribution in [0.4, 0.5) is 0 Å². The summed E-state index contributed by atoms with van der Waals surface area (Å²) < 4.78 is 24.0. The van der Waals surface area contributed by atoms with Gasteiger partial charge in [0.15, 0.2) is 9.84 Å². The number of pyridine rings is 1. The van der Waals surface area contributed by atoms with E-state index in [0.717, 1.165) is 49.4 Å². The molecule has 3 aromatic carbocycles. The zero-order chi connectivity index (χ0) is 26.2. The van der Waals surface area contributed by atoms with E-state index in [-0.39, 0.29) is 0 Å². The van der Waals surface area contributed by atoms with E-state index in [4.69, 9.17) is 9.97 Å². The van der Waals surface area contributed by atoms with Crippen LogP contribution in [0.15, 0.2) is 89.3 Å². The molecule has 0 aliphatic rings. The molecule has 0 aliphatic heterocycles. The minimum atomic E-state index is -3.27.